The van der Waals surface area contributed by atoms with Crippen LogP contribution in [0.25, 0.3) is 0 Å². The summed E-state index contributed by atoms with van der Waals surface area (Å²) in [6.45, 7) is 9.94. The number of rotatable bonds is 16. The van der Waals surface area contributed by atoms with Crippen molar-refractivity contribution in [3.05, 3.63) is 35.4 Å². The van der Waals surface area contributed by atoms with Crippen LogP contribution in [0.4, 0.5) is 0 Å². The summed E-state index contributed by atoms with van der Waals surface area (Å²) in [4.78, 5) is 24.7. The van der Waals surface area contributed by atoms with Crippen molar-refractivity contribution in [2.24, 2.45) is 5.41 Å². The summed E-state index contributed by atoms with van der Waals surface area (Å²) >= 11 is 0. The molecule has 0 amide bonds. The number of hydrogen-bond acceptors (Lipinski definition) is 4. The van der Waals surface area contributed by atoms with Crippen molar-refractivity contribution < 1.29 is 19.1 Å². The summed E-state index contributed by atoms with van der Waals surface area (Å²) in [5.74, 6) is -0.888. The van der Waals surface area contributed by atoms with Gasteiger partial charge in [-0.2, -0.15) is 0 Å². The Kier molecular flexibility index (Phi) is 18.1. The number of carbonyl (C=O) groups is 2. The van der Waals surface area contributed by atoms with E-state index in [2.05, 4.69) is 27.7 Å². The molecule has 2 rings (SSSR count). The summed E-state index contributed by atoms with van der Waals surface area (Å²) in [5, 5.41) is 0. The molecule has 36 heavy (non-hydrogen) atoms. The molecule has 0 heterocycles. The van der Waals surface area contributed by atoms with Crippen LogP contribution >= 0.6 is 0 Å². The standard InChI is InChI=1S/C24H38O4.C8H16/c1-3-5-7-9-11-15-19-27-23(25)21-17-13-14-18-22(21)24(26)28-20-16-12-10-8-6-4-2;1-8(2)6-4-3-5-7-8/h13-14,17-18H,3-12,15-16,19-20H2,1-2H3;3-7H2,1-2H3. The molecule has 0 atom stereocenters. The van der Waals surface area contributed by atoms with Gasteiger partial charge in [0, 0.05) is 0 Å². The minimum atomic E-state index is -0.444. The summed E-state index contributed by atoms with van der Waals surface area (Å²) in [7, 11) is 0. The van der Waals surface area contributed by atoms with Crippen molar-refractivity contribution in [1.82, 2.24) is 0 Å². The Balaban J connectivity index is 0.000000681. The van der Waals surface area contributed by atoms with Crippen molar-refractivity contribution in [3.8, 4) is 0 Å². The zero-order chi connectivity index (χ0) is 26.5. The van der Waals surface area contributed by atoms with E-state index in [9.17, 15) is 9.59 Å². The highest BCUT2D eigenvalue weighted by molar-refractivity contribution is 6.03. The molecule has 1 aromatic rings. The normalized spacial score (nSPS) is 14.4. The number of esters is 2. The second kappa shape index (κ2) is 20.2. The van der Waals surface area contributed by atoms with E-state index < -0.39 is 11.9 Å². The number of hydrogen-bond donors (Lipinski definition) is 0. The zero-order valence-corrected chi connectivity index (χ0v) is 23.9. The van der Waals surface area contributed by atoms with E-state index in [1.54, 1.807) is 24.3 Å². The minimum absolute atomic E-state index is 0.293. The second-order valence-corrected chi connectivity index (χ2v) is 11.1. The molecule has 1 aliphatic carbocycles. The Morgan fingerprint density at radius 1 is 0.639 bits per heavy atom. The van der Waals surface area contributed by atoms with E-state index in [1.807, 2.05) is 0 Å². The molecule has 1 saturated carbocycles. The summed E-state index contributed by atoms with van der Waals surface area (Å²) in [6.07, 6.45) is 20.9. The first kappa shape index (κ1) is 32.2. The molecule has 0 unspecified atom stereocenters. The maximum absolute atomic E-state index is 12.4. The molecule has 0 aliphatic heterocycles. The smallest absolute Gasteiger partial charge is 0.339 e. The largest absolute Gasteiger partial charge is 0.462 e. The molecule has 0 saturated heterocycles. The van der Waals surface area contributed by atoms with Crippen molar-refractivity contribution in [3.63, 3.8) is 0 Å². The highest BCUT2D eigenvalue weighted by atomic mass is 16.5. The monoisotopic (exact) mass is 502 g/mol. The molecule has 0 aromatic heterocycles. The Bertz CT molecular complexity index is 653. The predicted molar refractivity (Wildman–Crippen MR) is 151 cm³/mol. The molecule has 0 spiro atoms. The Morgan fingerprint density at radius 2 is 1.03 bits per heavy atom. The molecule has 0 N–H and O–H groups in total. The Hall–Kier alpha value is -1.84. The van der Waals surface area contributed by atoms with Crippen LogP contribution in [-0.2, 0) is 9.47 Å². The zero-order valence-electron chi connectivity index (χ0n) is 23.9. The van der Waals surface area contributed by atoms with Crippen LogP contribution < -0.4 is 0 Å². The molecule has 1 aliphatic rings. The summed E-state index contributed by atoms with van der Waals surface area (Å²) < 4.78 is 10.7. The average Bonchev–Trinajstić information content (AvgIpc) is 2.87. The summed E-state index contributed by atoms with van der Waals surface area (Å²) in [5.41, 5.74) is 1.26. The van der Waals surface area contributed by atoms with E-state index in [0.717, 1.165) is 25.7 Å². The van der Waals surface area contributed by atoms with E-state index in [4.69, 9.17) is 9.47 Å². The molecular formula is C32H54O4. The molecule has 1 fully saturated rings. The first-order valence-electron chi connectivity index (χ1n) is 14.8. The van der Waals surface area contributed by atoms with Gasteiger partial charge in [-0.1, -0.05) is 123 Å². The SMILES string of the molecule is CC1(C)CCCCC1.CCCCCCCCOC(=O)c1ccccc1C(=O)OCCCCCCCC. The van der Waals surface area contributed by atoms with Gasteiger partial charge in [-0.15, -0.1) is 0 Å². The van der Waals surface area contributed by atoms with Gasteiger partial charge < -0.3 is 9.47 Å². The lowest BCUT2D eigenvalue weighted by Gasteiger charge is -2.28. The third-order valence-corrected chi connectivity index (χ3v) is 7.04. The maximum Gasteiger partial charge on any atom is 0.339 e. The lowest BCUT2D eigenvalue weighted by Crippen LogP contribution is -2.15. The van der Waals surface area contributed by atoms with Gasteiger partial charge in [0.2, 0.25) is 0 Å². The molecule has 4 nitrogen and oxygen atoms in total. The summed E-state index contributed by atoms with van der Waals surface area (Å²) in [6, 6.07) is 6.74. The third-order valence-electron chi connectivity index (χ3n) is 7.04. The van der Waals surface area contributed by atoms with Gasteiger partial charge in [0.25, 0.3) is 0 Å². The average molecular weight is 503 g/mol. The second-order valence-electron chi connectivity index (χ2n) is 11.1. The van der Waals surface area contributed by atoms with Crippen molar-refractivity contribution in [2.75, 3.05) is 13.2 Å². The number of carbonyl (C=O) groups excluding carboxylic acids is 2. The van der Waals surface area contributed by atoms with Crippen LogP contribution in [-0.4, -0.2) is 25.2 Å². The number of benzene rings is 1. The molecule has 0 radical (unpaired) electrons. The quantitative estimate of drug-likeness (QED) is 0.167. The molecule has 206 valence electrons. The van der Waals surface area contributed by atoms with Crippen molar-refractivity contribution >= 4 is 11.9 Å². The Morgan fingerprint density at radius 3 is 1.39 bits per heavy atom. The maximum atomic E-state index is 12.4. The van der Waals surface area contributed by atoms with Crippen LogP contribution in [0.2, 0.25) is 0 Å². The van der Waals surface area contributed by atoms with E-state index in [1.165, 1.54) is 83.5 Å². The van der Waals surface area contributed by atoms with Gasteiger partial charge in [0.1, 0.15) is 0 Å². The van der Waals surface area contributed by atoms with Crippen LogP contribution in [0.5, 0.6) is 0 Å². The van der Waals surface area contributed by atoms with Crippen LogP contribution in [0.3, 0.4) is 0 Å². The molecule has 0 bridgehead atoms. The number of unbranched alkanes of at least 4 members (excludes halogenated alkanes) is 10. The fourth-order valence-corrected chi connectivity index (χ4v) is 4.60. The lowest BCUT2D eigenvalue weighted by atomic mass is 9.78. The first-order valence-corrected chi connectivity index (χ1v) is 14.8. The molecule has 1 aromatic carbocycles. The van der Waals surface area contributed by atoms with Gasteiger partial charge >= 0.3 is 11.9 Å². The van der Waals surface area contributed by atoms with Gasteiger partial charge in [-0.05, 0) is 43.2 Å². The van der Waals surface area contributed by atoms with E-state index in [0.29, 0.717) is 29.8 Å². The molecule has 4 heteroatoms. The van der Waals surface area contributed by atoms with Gasteiger partial charge in [-0.3, -0.25) is 0 Å². The van der Waals surface area contributed by atoms with Crippen molar-refractivity contribution in [1.29, 1.82) is 0 Å². The van der Waals surface area contributed by atoms with Crippen molar-refractivity contribution in [2.45, 2.75) is 137 Å². The highest BCUT2D eigenvalue weighted by Gasteiger charge is 2.20. The third kappa shape index (κ3) is 15.3. The first-order chi connectivity index (χ1) is 17.4. The molecular weight excluding hydrogens is 448 g/mol. The van der Waals surface area contributed by atoms with Gasteiger partial charge in [-0.25, -0.2) is 9.59 Å². The van der Waals surface area contributed by atoms with Crippen LogP contribution in [0, 0.1) is 5.41 Å². The highest BCUT2D eigenvalue weighted by Crippen LogP contribution is 2.34. The topological polar surface area (TPSA) is 52.6 Å². The lowest BCUT2D eigenvalue weighted by molar-refractivity contribution is 0.0450. The number of ether oxygens (including phenoxy) is 2. The Labute approximate surface area is 221 Å². The van der Waals surface area contributed by atoms with Crippen LogP contribution in [0.1, 0.15) is 158 Å². The fraction of sp³-hybridized carbons (Fsp3) is 0.750. The van der Waals surface area contributed by atoms with Gasteiger partial charge in [0.05, 0.1) is 24.3 Å². The van der Waals surface area contributed by atoms with E-state index in [-0.39, 0.29) is 0 Å². The van der Waals surface area contributed by atoms with E-state index >= 15 is 0 Å². The fourth-order valence-electron chi connectivity index (χ4n) is 4.60. The van der Waals surface area contributed by atoms with Crippen LogP contribution in [0.15, 0.2) is 24.3 Å². The minimum Gasteiger partial charge on any atom is -0.462 e. The van der Waals surface area contributed by atoms with Gasteiger partial charge in [0.15, 0.2) is 0 Å². The predicted octanol–water partition coefficient (Wildman–Crippen LogP) is 9.70.